The number of nitrogens with one attached hydrogen (secondary N) is 1. The maximum absolute atomic E-state index is 9.07. The summed E-state index contributed by atoms with van der Waals surface area (Å²) in [4.78, 5) is 6.54. The molecule has 1 aromatic heterocycles. The molecule has 0 spiro atoms. The molecule has 1 aliphatic rings. The van der Waals surface area contributed by atoms with Gasteiger partial charge in [0.1, 0.15) is 0 Å². The van der Waals surface area contributed by atoms with E-state index in [4.69, 9.17) is 9.78 Å². The summed E-state index contributed by atoms with van der Waals surface area (Å²) in [6, 6.07) is 7.67. The van der Waals surface area contributed by atoms with Crippen LogP contribution in [0.1, 0.15) is 11.1 Å². The molecule has 102 valence electrons. The first-order valence-electron chi connectivity index (χ1n) is 6.59. The van der Waals surface area contributed by atoms with Gasteiger partial charge in [-0.1, -0.05) is 6.07 Å². The first-order chi connectivity index (χ1) is 9.79. The topological polar surface area (TPSA) is 78.0 Å². The maximum Gasteiger partial charge on any atom is 0.266 e. The molecule has 0 amide bonds. The van der Waals surface area contributed by atoms with Gasteiger partial charge in [0.05, 0.1) is 11.6 Å². The number of nitriles is 1. The molecule has 0 saturated carbocycles. The van der Waals surface area contributed by atoms with E-state index in [1.54, 1.807) is 6.07 Å². The molecule has 1 N–H and O–H groups in total. The highest BCUT2D eigenvalue weighted by molar-refractivity contribution is 5.63. The van der Waals surface area contributed by atoms with Gasteiger partial charge in [-0.2, -0.15) is 10.2 Å². The molecule has 1 aromatic carbocycles. The second kappa shape index (κ2) is 5.31. The van der Waals surface area contributed by atoms with Crippen LogP contribution in [0, 0.1) is 18.3 Å². The van der Waals surface area contributed by atoms with E-state index in [-0.39, 0.29) is 0 Å². The van der Waals surface area contributed by atoms with Gasteiger partial charge in [-0.3, -0.25) is 0 Å². The van der Waals surface area contributed by atoms with Gasteiger partial charge >= 0.3 is 0 Å². The fourth-order valence-corrected chi connectivity index (χ4v) is 2.31. The molecule has 6 heteroatoms. The van der Waals surface area contributed by atoms with Crippen molar-refractivity contribution in [1.82, 2.24) is 15.5 Å². The molecule has 6 nitrogen and oxygen atoms in total. The van der Waals surface area contributed by atoms with Crippen molar-refractivity contribution in [1.29, 1.82) is 5.26 Å². The second-order valence-electron chi connectivity index (χ2n) is 4.73. The summed E-state index contributed by atoms with van der Waals surface area (Å²) in [5.74, 6) is 1.08. The number of nitrogens with zero attached hydrogens (tertiary/aromatic N) is 4. The van der Waals surface area contributed by atoms with Crippen molar-refractivity contribution in [2.45, 2.75) is 6.92 Å². The van der Waals surface area contributed by atoms with E-state index in [1.807, 2.05) is 19.1 Å². The van der Waals surface area contributed by atoms with Crippen LogP contribution in [0.2, 0.25) is 0 Å². The number of hydrogen-bond acceptors (Lipinski definition) is 6. The lowest BCUT2D eigenvalue weighted by molar-refractivity contribution is 0.427. The van der Waals surface area contributed by atoms with Crippen molar-refractivity contribution in [3.05, 3.63) is 29.3 Å². The Morgan fingerprint density at radius 1 is 1.35 bits per heavy atom. The SMILES string of the molecule is Cc1c(C#N)cccc1-c1nc(N2CCNCC2)no1. The number of aromatic nitrogens is 2. The molecule has 2 aromatic rings. The van der Waals surface area contributed by atoms with Crippen LogP contribution in [0.25, 0.3) is 11.5 Å². The Kier molecular flexibility index (Phi) is 3.35. The standard InChI is InChI=1S/C14H15N5O/c1-10-11(9-15)3-2-4-12(10)13-17-14(18-20-13)19-7-5-16-6-8-19/h2-4,16H,5-8H2,1H3. The largest absolute Gasteiger partial charge is 0.336 e. The monoisotopic (exact) mass is 269 g/mol. The van der Waals surface area contributed by atoms with E-state index in [0.29, 0.717) is 17.4 Å². The summed E-state index contributed by atoms with van der Waals surface area (Å²) < 4.78 is 5.35. The predicted molar refractivity (Wildman–Crippen MR) is 74.3 cm³/mol. The van der Waals surface area contributed by atoms with Gasteiger partial charge in [-0.05, 0) is 29.8 Å². The number of anilines is 1. The van der Waals surface area contributed by atoms with Crippen LogP contribution >= 0.6 is 0 Å². The summed E-state index contributed by atoms with van der Waals surface area (Å²) in [5, 5.41) is 16.4. The summed E-state index contributed by atoms with van der Waals surface area (Å²) in [6.45, 7) is 5.48. The minimum atomic E-state index is 0.466. The average Bonchev–Trinajstić information content (AvgIpc) is 2.98. The van der Waals surface area contributed by atoms with Crippen LogP contribution in [-0.4, -0.2) is 36.3 Å². The van der Waals surface area contributed by atoms with Gasteiger partial charge < -0.3 is 14.7 Å². The minimum absolute atomic E-state index is 0.466. The van der Waals surface area contributed by atoms with Crippen LogP contribution in [0.3, 0.4) is 0 Å². The predicted octanol–water partition coefficient (Wildman–Crippen LogP) is 1.33. The van der Waals surface area contributed by atoms with Crippen LogP contribution in [0.4, 0.5) is 5.95 Å². The molecule has 2 heterocycles. The van der Waals surface area contributed by atoms with Crippen LogP contribution < -0.4 is 10.2 Å². The highest BCUT2D eigenvalue weighted by atomic mass is 16.5. The van der Waals surface area contributed by atoms with Crippen molar-refractivity contribution in [3.63, 3.8) is 0 Å². The van der Waals surface area contributed by atoms with Gasteiger partial charge in [0, 0.05) is 31.7 Å². The smallest absolute Gasteiger partial charge is 0.266 e. The lowest BCUT2D eigenvalue weighted by atomic mass is 10.0. The van der Waals surface area contributed by atoms with Crippen molar-refractivity contribution in [2.75, 3.05) is 31.1 Å². The summed E-state index contributed by atoms with van der Waals surface area (Å²) in [6.07, 6.45) is 0. The normalized spacial score (nSPS) is 15.1. The highest BCUT2D eigenvalue weighted by Crippen LogP contribution is 2.25. The average molecular weight is 269 g/mol. The second-order valence-corrected chi connectivity index (χ2v) is 4.73. The Balaban J connectivity index is 1.92. The third-order valence-electron chi connectivity index (χ3n) is 3.50. The van der Waals surface area contributed by atoms with E-state index >= 15 is 0 Å². The Morgan fingerprint density at radius 2 is 2.15 bits per heavy atom. The van der Waals surface area contributed by atoms with Gasteiger partial charge in [-0.25, -0.2) is 0 Å². The highest BCUT2D eigenvalue weighted by Gasteiger charge is 2.18. The van der Waals surface area contributed by atoms with E-state index in [2.05, 4.69) is 26.4 Å². The fraction of sp³-hybridized carbons (Fsp3) is 0.357. The number of piperazine rings is 1. The Morgan fingerprint density at radius 3 is 2.90 bits per heavy atom. The molecule has 1 saturated heterocycles. The van der Waals surface area contributed by atoms with Crippen LogP contribution in [0.5, 0.6) is 0 Å². The molecule has 20 heavy (non-hydrogen) atoms. The summed E-state index contributed by atoms with van der Waals surface area (Å²) >= 11 is 0. The van der Waals surface area contributed by atoms with Crippen LogP contribution in [0.15, 0.2) is 22.7 Å². The van der Waals surface area contributed by atoms with Crippen molar-refractivity contribution >= 4 is 5.95 Å². The summed E-state index contributed by atoms with van der Waals surface area (Å²) in [7, 11) is 0. The molecule has 1 aliphatic heterocycles. The summed E-state index contributed by atoms with van der Waals surface area (Å²) in [5.41, 5.74) is 2.31. The molecule has 0 atom stereocenters. The van der Waals surface area contributed by atoms with Crippen molar-refractivity contribution in [3.8, 4) is 17.5 Å². The third kappa shape index (κ3) is 2.24. The molecule has 0 radical (unpaired) electrons. The number of benzene rings is 1. The lowest BCUT2D eigenvalue weighted by Crippen LogP contribution is -2.44. The molecular formula is C14H15N5O. The van der Waals surface area contributed by atoms with E-state index in [0.717, 1.165) is 37.3 Å². The van der Waals surface area contributed by atoms with E-state index in [1.165, 1.54) is 0 Å². The first-order valence-corrected chi connectivity index (χ1v) is 6.59. The Hall–Kier alpha value is -2.39. The van der Waals surface area contributed by atoms with Gasteiger partial charge in [0.2, 0.25) is 0 Å². The van der Waals surface area contributed by atoms with Crippen LogP contribution in [-0.2, 0) is 0 Å². The fourth-order valence-electron chi connectivity index (χ4n) is 2.31. The van der Waals surface area contributed by atoms with E-state index < -0.39 is 0 Å². The quantitative estimate of drug-likeness (QED) is 0.886. The van der Waals surface area contributed by atoms with Gasteiger partial charge in [-0.15, -0.1) is 0 Å². The molecule has 0 aliphatic carbocycles. The lowest BCUT2D eigenvalue weighted by Gasteiger charge is -2.25. The van der Waals surface area contributed by atoms with E-state index in [9.17, 15) is 0 Å². The van der Waals surface area contributed by atoms with Gasteiger partial charge in [0.15, 0.2) is 0 Å². The van der Waals surface area contributed by atoms with Crippen molar-refractivity contribution in [2.24, 2.45) is 0 Å². The Labute approximate surface area is 117 Å². The minimum Gasteiger partial charge on any atom is -0.336 e. The molecule has 3 rings (SSSR count). The van der Waals surface area contributed by atoms with Gasteiger partial charge in [0.25, 0.3) is 11.8 Å². The molecule has 0 bridgehead atoms. The third-order valence-corrected chi connectivity index (χ3v) is 3.50. The zero-order chi connectivity index (χ0) is 13.9. The Bertz CT molecular complexity index is 652. The molecule has 0 unspecified atom stereocenters. The number of rotatable bonds is 2. The number of hydrogen-bond donors (Lipinski definition) is 1. The molecular weight excluding hydrogens is 254 g/mol. The zero-order valence-corrected chi connectivity index (χ0v) is 11.3. The van der Waals surface area contributed by atoms with Crippen molar-refractivity contribution < 1.29 is 4.52 Å². The molecule has 1 fully saturated rings. The zero-order valence-electron chi connectivity index (χ0n) is 11.3. The first kappa shape index (κ1) is 12.6. The maximum atomic E-state index is 9.07.